The molecule has 0 bridgehead atoms. The third-order valence-electron chi connectivity index (χ3n) is 4.87. The molecule has 0 aliphatic heterocycles. The van der Waals surface area contributed by atoms with Gasteiger partial charge in [-0.15, -0.1) is 0 Å². The molecule has 0 unspecified atom stereocenters. The number of nitrogens with zero attached hydrogens (tertiary/aromatic N) is 2. The number of alkyl halides is 1. The van der Waals surface area contributed by atoms with E-state index in [4.69, 9.17) is 15.5 Å². The van der Waals surface area contributed by atoms with Crippen molar-refractivity contribution >= 4 is 27.4 Å². The molecule has 1 atom stereocenters. The quantitative estimate of drug-likeness (QED) is 0.372. The molecule has 0 radical (unpaired) electrons. The lowest BCUT2D eigenvalue weighted by Crippen LogP contribution is -2.31. The minimum Gasteiger partial charge on any atom is -0.378 e. The van der Waals surface area contributed by atoms with Crippen molar-refractivity contribution in [2.24, 2.45) is 5.73 Å². The lowest BCUT2D eigenvalue weighted by molar-refractivity contribution is 0.182. The zero-order valence-electron chi connectivity index (χ0n) is 16.7. The van der Waals surface area contributed by atoms with E-state index in [2.05, 4.69) is 27.6 Å². The molecule has 30 heavy (non-hydrogen) atoms. The monoisotopic (exact) mass is 425 g/mol. The molecular weight excluding hydrogens is 401 g/mol. The summed E-state index contributed by atoms with van der Waals surface area (Å²) in [6.45, 7) is 0.576. The number of ether oxygens (including phenoxy) is 1. The zero-order valence-corrected chi connectivity index (χ0v) is 17.5. The second-order valence-corrected chi connectivity index (χ2v) is 8.19. The summed E-state index contributed by atoms with van der Waals surface area (Å²) in [6.07, 6.45) is 2.52. The van der Waals surface area contributed by atoms with Crippen molar-refractivity contribution in [3.63, 3.8) is 0 Å². The summed E-state index contributed by atoms with van der Waals surface area (Å²) in [4.78, 5) is 5.77. The third kappa shape index (κ3) is 4.67. The van der Waals surface area contributed by atoms with E-state index in [1.165, 1.54) is 0 Å². The highest BCUT2D eigenvalue weighted by Crippen LogP contribution is 2.35. The molecule has 6 nitrogen and oxygen atoms in total. The van der Waals surface area contributed by atoms with E-state index in [-0.39, 0.29) is 6.04 Å². The number of thiazole rings is 1. The summed E-state index contributed by atoms with van der Waals surface area (Å²) in [7, 11) is 1.67. The van der Waals surface area contributed by atoms with Crippen LogP contribution in [0.2, 0.25) is 0 Å². The fraction of sp³-hybridized carbons (Fsp3) is 0.273. The number of benzene rings is 2. The average Bonchev–Trinajstić information content (AvgIpc) is 3.39. The Labute approximate surface area is 178 Å². The van der Waals surface area contributed by atoms with Gasteiger partial charge in [0.1, 0.15) is 6.67 Å². The maximum atomic E-state index is 12.6. The number of aromatic amines is 1. The van der Waals surface area contributed by atoms with Crippen LogP contribution in [0, 0.1) is 0 Å². The predicted molar refractivity (Wildman–Crippen MR) is 119 cm³/mol. The fourth-order valence-electron chi connectivity index (χ4n) is 3.33. The topological polar surface area (TPSA) is 88.9 Å². The molecule has 0 saturated carbocycles. The summed E-state index contributed by atoms with van der Waals surface area (Å²) in [6, 6.07) is 13.6. The second-order valence-electron chi connectivity index (χ2n) is 7.20. The first-order chi connectivity index (χ1) is 14.7. The van der Waals surface area contributed by atoms with Crippen LogP contribution < -0.4 is 11.1 Å². The Morgan fingerprint density at radius 3 is 2.77 bits per heavy atom. The number of anilines is 1. The Bertz CT molecular complexity index is 1110. The van der Waals surface area contributed by atoms with Gasteiger partial charge in [-0.25, -0.2) is 9.37 Å². The van der Waals surface area contributed by atoms with Gasteiger partial charge in [0.05, 0.1) is 28.9 Å². The zero-order chi connectivity index (χ0) is 20.9. The number of nitrogens with two attached hydrogens (primary N) is 1. The lowest BCUT2D eigenvalue weighted by Gasteiger charge is -2.12. The van der Waals surface area contributed by atoms with Crippen molar-refractivity contribution in [3.05, 3.63) is 65.5 Å². The van der Waals surface area contributed by atoms with Crippen LogP contribution in [0.1, 0.15) is 16.8 Å². The Hall–Kier alpha value is -2.81. The van der Waals surface area contributed by atoms with Gasteiger partial charge in [-0.2, -0.15) is 5.10 Å². The molecule has 4 rings (SSSR count). The molecule has 4 N–H and O–H groups in total. The van der Waals surface area contributed by atoms with E-state index in [1.807, 2.05) is 24.4 Å². The number of nitrogens with one attached hydrogen (secondary N) is 2. The number of H-pyrrole nitrogens is 1. The van der Waals surface area contributed by atoms with E-state index in [0.29, 0.717) is 25.1 Å². The molecule has 0 spiro atoms. The van der Waals surface area contributed by atoms with Gasteiger partial charge in [-0.05, 0) is 35.2 Å². The Morgan fingerprint density at radius 1 is 1.20 bits per heavy atom. The van der Waals surface area contributed by atoms with Crippen molar-refractivity contribution in [1.29, 1.82) is 0 Å². The number of methoxy groups -OCH3 is 1. The van der Waals surface area contributed by atoms with Crippen LogP contribution in [0.4, 0.5) is 9.52 Å². The van der Waals surface area contributed by atoms with Crippen LogP contribution in [-0.2, 0) is 24.4 Å². The molecule has 156 valence electrons. The molecule has 2 aromatic carbocycles. The van der Waals surface area contributed by atoms with Gasteiger partial charge < -0.3 is 15.8 Å². The third-order valence-corrected chi connectivity index (χ3v) is 5.98. The maximum Gasteiger partial charge on any atom is 0.183 e. The fourth-order valence-corrected chi connectivity index (χ4v) is 4.30. The van der Waals surface area contributed by atoms with E-state index < -0.39 is 6.67 Å². The van der Waals surface area contributed by atoms with Crippen molar-refractivity contribution in [2.75, 3.05) is 19.0 Å². The first-order valence-electron chi connectivity index (χ1n) is 9.71. The molecule has 0 saturated heterocycles. The summed E-state index contributed by atoms with van der Waals surface area (Å²) < 4.78 is 18.0. The molecule has 0 aliphatic carbocycles. The van der Waals surface area contributed by atoms with E-state index in [0.717, 1.165) is 37.7 Å². The number of halogens is 1. The van der Waals surface area contributed by atoms with Crippen LogP contribution in [0.25, 0.3) is 21.3 Å². The Morgan fingerprint density at radius 2 is 2.00 bits per heavy atom. The minimum atomic E-state index is -0.447. The number of aromatic nitrogens is 3. The Balaban J connectivity index is 1.45. The van der Waals surface area contributed by atoms with Gasteiger partial charge in [0.15, 0.2) is 5.13 Å². The molecule has 8 heteroatoms. The molecule has 0 fully saturated rings. The maximum absolute atomic E-state index is 12.6. The van der Waals surface area contributed by atoms with Crippen molar-refractivity contribution in [3.8, 4) is 10.4 Å². The predicted octanol–water partition coefficient (Wildman–Crippen LogP) is 4.28. The highest BCUT2D eigenvalue weighted by molar-refractivity contribution is 7.19. The van der Waals surface area contributed by atoms with Gasteiger partial charge in [-0.3, -0.25) is 5.10 Å². The van der Waals surface area contributed by atoms with E-state index in [1.54, 1.807) is 30.6 Å². The summed E-state index contributed by atoms with van der Waals surface area (Å²) >= 11 is 1.59. The summed E-state index contributed by atoms with van der Waals surface area (Å²) in [5, 5.41) is 12.3. The van der Waals surface area contributed by atoms with E-state index in [9.17, 15) is 4.39 Å². The van der Waals surface area contributed by atoms with Crippen molar-refractivity contribution < 1.29 is 9.13 Å². The van der Waals surface area contributed by atoms with Crippen LogP contribution in [0.3, 0.4) is 0 Å². The normalized spacial score (nSPS) is 12.4. The highest BCUT2D eigenvalue weighted by Gasteiger charge is 2.15. The number of hydrogen-bond donors (Lipinski definition) is 3. The first-order valence-corrected chi connectivity index (χ1v) is 10.5. The molecule has 4 aromatic rings. The minimum absolute atomic E-state index is 0.0817. The van der Waals surface area contributed by atoms with Crippen LogP contribution in [0.5, 0.6) is 0 Å². The molecule has 2 heterocycles. The van der Waals surface area contributed by atoms with Crippen molar-refractivity contribution in [1.82, 2.24) is 15.2 Å². The van der Waals surface area contributed by atoms with Crippen LogP contribution in [-0.4, -0.2) is 34.9 Å². The average molecular weight is 426 g/mol. The van der Waals surface area contributed by atoms with Crippen molar-refractivity contribution in [2.45, 2.75) is 25.7 Å². The molecule has 0 aliphatic rings. The van der Waals surface area contributed by atoms with E-state index >= 15 is 0 Å². The number of fused-ring (bicyclic) bond motifs is 1. The van der Waals surface area contributed by atoms with Crippen LogP contribution >= 0.6 is 11.3 Å². The van der Waals surface area contributed by atoms with Gasteiger partial charge in [-0.1, -0.05) is 41.7 Å². The molecular formula is C22H24FN5OS. The van der Waals surface area contributed by atoms with Gasteiger partial charge >= 0.3 is 0 Å². The molecule has 2 aromatic heterocycles. The summed E-state index contributed by atoms with van der Waals surface area (Å²) in [5.74, 6) is 0. The largest absolute Gasteiger partial charge is 0.378 e. The van der Waals surface area contributed by atoms with Gasteiger partial charge in [0.25, 0.3) is 0 Å². The standard InChI is InChI=1S/C22H24FN5OS/c1-29-13-20-21(16-6-7-19-17(9-16)11-26-28-19)30-22(27-20)25-12-18(24)8-14-2-4-15(10-23)5-3-14/h2-7,9,11,18H,8,10,12-13,24H2,1H3,(H,25,27)(H,26,28)/t18-/m0/s1. The smallest absolute Gasteiger partial charge is 0.183 e. The SMILES string of the molecule is COCc1nc(NC[C@@H](N)Cc2ccc(CF)cc2)sc1-c1ccc2[nH]ncc2c1. The Kier molecular flexibility index (Phi) is 6.37. The molecule has 0 amide bonds. The lowest BCUT2D eigenvalue weighted by atomic mass is 10.1. The number of hydrogen-bond acceptors (Lipinski definition) is 6. The van der Waals surface area contributed by atoms with Gasteiger partial charge in [0.2, 0.25) is 0 Å². The second kappa shape index (κ2) is 9.34. The number of rotatable bonds is 9. The van der Waals surface area contributed by atoms with Crippen LogP contribution in [0.15, 0.2) is 48.7 Å². The van der Waals surface area contributed by atoms with Gasteiger partial charge in [0, 0.05) is 25.1 Å². The summed E-state index contributed by atoms with van der Waals surface area (Å²) in [5.41, 5.74) is 11.0. The highest BCUT2D eigenvalue weighted by atomic mass is 32.1. The first kappa shape index (κ1) is 20.5.